The van der Waals surface area contributed by atoms with Crippen LogP contribution in [0.4, 0.5) is 0 Å². The molecule has 25 heavy (non-hydrogen) atoms. The van der Waals surface area contributed by atoms with Gasteiger partial charge in [-0.1, -0.05) is 36.4 Å². The minimum atomic E-state index is -3.68. The van der Waals surface area contributed by atoms with Crippen LogP contribution < -0.4 is 0 Å². The van der Waals surface area contributed by atoms with Crippen LogP contribution in [0.2, 0.25) is 0 Å². The summed E-state index contributed by atoms with van der Waals surface area (Å²) in [5.74, 6) is -1.35. The van der Waals surface area contributed by atoms with Crippen LogP contribution in [-0.4, -0.2) is 46.0 Å². The second-order valence-electron chi connectivity index (χ2n) is 4.74. The summed E-state index contributed by atoms with van der Waals surface area (Å²) in [4.78, 5) is 21.9. The Bertz CT molecular complexity index is 993. The first kappa shape index (κ1) is 19.1. The van der Waals surface area contributed by atoms with E-state index in [-0.39, 0.29) is 38.3 Å². The van der Waals surface area contributed by atoms with E-state index in [0.29, 0.717) is 0 Å². The first-order chi connectivity index (χ1) is 11.2. The summed E-state index contributed by atoms with van der Waals surface area (Å²) in [5, 5.41) is 0. The quantitative estimate of drug-likeness (QED) is 0.624. The SMILES string of the molecule is O=C1[N-]S(=O)(=O)c2ccccc21.O=C1[N-]S(=O)(=O)c2ccccc21.[Al+2]. The number of carbonyl (C=O) groups is 2. The third-order valence-corrected chi connectivity index (χ3v) is 5.83. The molecule has 0 aliphatic carbocycles. The van der Waals surface area contributed by atoms with Gasteiger partial charge in [0, 0.05) is 11.1 Å². The Hall–Kier alpha value is -2.19. The van der Waals surface area contributed by atoms with Gasteiger partial charge in [-0.25, -0.2) is 16.8 Å². The zero-order chi connectivity index (χ0) is 17.5. The van der Waals surface area contributed by atoms with Crippen LogP contribution in [0.5, 0.6) is 0 Å². The minimum absolute atomic E-state index is 0. The van der Waals surface area contributed by atoms with Gasteiger partial charge < -0.3 is 19.0 Å². The fraction of sp³-hybridized carbons (Fsp3) is 0. The standard InChI is InChI=1S/2C7H5NO3S.Al/c2*9-7-5-3-1-2-4-6(5)12(10,11)8-7;/h2*1-4H,(H,8,9);/q;;+2/p-2. The molecule has 0 atom stereocenters. The molecule has 2 aliphatic rings. The van der Waals surface area contributed by atoms with E-state index >= 15 is 0 Å². The molecule has 0 unspecified atom stereocenters. The van der Waals surface area contributed by atoms with E-state index in [2.05, 4.69) is 9.44 Å². The number of sulfonamides is 2. The van der Waals surface area contributed by atoms with E-state index in [1.807, 2.05) is 0 Å². The van der Waals surface area contributed by atoms with E-state index in [9.17, 15) is 26.4 Å². The molecule has 0 aromatic heterocycles. The zero-order valence-electron chi connectivity index (χ0n) is 12.4. The number of fused-ring (bicyclic) bond motifs is 2. The molecule has 2 amide bonds. The molecule has 2 aliphatic heterocycles. The van der Waals surface area contributed by atoms with Crippen molar-refractivity contribution in [2.75, 3.05) is 0 Å². The molecule has 0 bridgehead atoms. The van der Waals surface area contributed by atoms with Gasteiger partial charge in [-0.15, -0.1) is 0 Å². The topological polar surface area (TPSA) is 131 Å². The number of rotatable bonds is 0. The Kier molecular flexibility index (Phi) is 5.06. The van der Waals surface area contributed by atoms with E-state index < -0.39 is 31.9 Å². The summed E-state index contributed by atoms with van der Waals surface area (Å²) < 4.78 is 50.3. The van der Waals surface area contributed by atoms with Crippen molar-refractivity contribution in [2.24, 2.45) is 0 Å². The van der Waals surface area contributed by atoms with Gasteiger partial charge in [-0.3, -0.25) is 0 Å². The number of hydrogen-bond acceptors (Lipinski definition) is 6. The fourth-order valence-electron chi connectivity index (χ4n) is 2.15. The minimum Gasteiger partial charge on any atom is -0.537 e. The molecule has 11 heteroatoms. The van der Waals surface area contributed by atoms with Crippen LogP contribution in [-0.2, 0) is 20.0 Å². The van der Waals surface area contributed by atoms with Crippen LogP contribution in [0, 0.1) is 0 Å². The maximum absolute atomic E-state index is 11.1. The van der Waals surface area contributed by atoms with E-state index in [4.69, 9.17) is 0 Å². The molecule has 0 N–H and O–H groups in total. The van der Waals surface area contributed by atoms with Crippen molar-refractivity contribution in [1.82, 2.24) is 0 Å². The third kappa shape index (κ3) is 3.45. The predicted octanol–water partition coefficient (Wildman–Crippen LogP) is 1.42. The van der Waals surface area contributed by atoms with Crippen LogP contribution in [0.15, 0.2) is 58.3 Å². The van der Waals surface area contributed by atoms with Gasteiger partial charge in [0.25, 0.3) is 0 Å². The van der Waals surface area contributed by atoms with Crippen molar-refractivity contribution in [3.05, 3.63) is 69.1 Å². The summed E-state index contributed by atoms with van der Waals surface area (Å²) in [7, 11) is -7.36. The van der Waals surface area contributed by atoms with E-state index in [1.54, 1.807) is 24.3 Å². The smallest absolute Gasteiger partial charge is 0.537 e. The van der Waals surface area contributed by atoms with Crippen molar-refractivity contribution >= 4 is 49.2 Å². The van der Waals surface area contributed by atoms with Crippen molar-refractivity contribution in [3.63, 3.8) is 0 Å². The monoisotopic (exact) mass is 391 g/mol. The van der Waals surface area contributed by atoms with E-state index in [1.165, 1.54) is 24.3 Å². The van der Waals surface area contributed by atoms with Crippen molar-refractivity contribution < 1.29 is 26.4 Å². The largest absolute Gasteiger partial charge is 2.00 e. The molecule has 0 fully saturated rings. The number of carbonyl (C=O) groups excluding carboxylic acids is 2. The molecule has 2 heterocycles. The Morgan fingerprint density at radius 2 is 0.920 bits per heavy atom. The number of nitrogens with zero attached hydrogens (tertiary/aromatic N) is 2. The maximum Gasteiger partial charge on any atom is 2.00 e. The zero-order valence-corrected chi connectivity index (χ0v) is 15.1. The van der Waals surface area contributed by atoms with Crippen molar-refractivity contribution in [3.8, 4) is 0 Å². The van der Waals surface area contributed by atoms with Gasteiger partial charge in [0.2, 0.25) is 0 Å². The second kappa shape index (κ2) is 6.61. The number of hydrogen-bond donors (Lipinski definition) is 0. The van der Waals surface area contributed by atoms with Gasteiger partial charge in [0.1, 0.15) is 20.0 Å². The van der Waals surface area contributed by atoms with Gasteiger partial charge in [-0.2, -0.15) is 0 Å². The second-order valence-corrected chi connectivity index (χ2v) is 7.88. The van der Waals surface area contributed by atoms with Crippen LogP contribution in [0.25, 0.3) is 9.44 Å². The molecule has 4 rings (SSSR count). The molecule has 125 valence electrons. The average Bonchev–Trinajstić information content (AvgIpc) is 2.91. The summed E-state index contributed by atoms with van der Waals surface area (Å²) in [6.07, 6.45) is 0. The summed E-state index contributed by atoms with van der Waals surface area (Å²) in [6.45, 7) is 0. The molecule has 8 nitrogen and oxygen atoms in total. The molecule has 2 aromatic rings. The Morgan fingerprint density at radius 1 is 0.600 bits per heavy atom. The predicted molar refractivity (Wildman–Crippen MR) is 88.4 cm³/mol. The van der Waals surface area contributed by atoms with Crippen LogP contribution in [0.1, 0.15) is 20.7 Å². The van der Waals surface area contributed by atoms with Gasteiger partial charge in [-0.05, 0) is 12.1 Å². The number of amides is 2. The van der Waals surface area contributed by atoms with Gasteiger partial charge >= 0.3 is 17.4 Å². The van der Waals surface area contributed by atoms with Gasteiger partial charge in [0.05, 0.1) is 21.6 Å². The first-order valence-electron chi connectivity index (χ1n) is 6.45. The fourth-order valence-corrected chi connectivity index (χ4v) is 4.35. The Balaban J connectivity index is 0.000000173. The third-order valence-electron chi connectivity index (χ3n) is 3.20. The Morgan fingerprint density at radius 3 is 1.24 bits per heavy atom. The normalized spacial score (nSPS) is 17.8. The average molecular weight is 391 g/mol. The summed E-state index contributed by atoms with van der Waals surface area (Å²) in [5.41, 5.74) is 0.329. The molecule has 1 radical (unpaired) electrons. The Labute approximate surface area is 154 Å². The molecular formula is C14H8AlN2O6S2. The molecule has 0 saturated carbocycles. The molecular weight excluding hydrogens is 383 g/mol. The first-order valence-corrected chi connectivity index (χ1v) is 9.33. The molecule has 2 aromatic carbocycles. The van der Waals surface area contributed by atoms with Crippen molar-refractivity contribution in [2.45, 2.75) is 9.79 Å². The summed E-state index contributed by atoms with van der Waals surface area (Å²) in [6, 6.07) is 12.0. The number of benzene rings is 2. The summed E-state index contributed by atoms with van der Waals surface area (Å²) >= 11 is 0. The molecule has 0 spiro atoms. The maximum atomic E-state index is 11.1. The van der Waals surface area contributed by atoms with Crippen LogP contribution in [0.3, 0.4) is 0 Å². The molecule has 0 saturated heterocycles. The van der Waals surface area contributed by atoms with Crippen molar-refractivity contribution in [1.29, 1.82) is 0 Å². The van der Waals surface area contributed by atoms with E-state index in [0.717, 1.165) is 0 Å². The van der Waals surface area contributed by atoms with Crippen LogP contribution >= 0.6 is 0 Å². The van der Waals surface area contributed by atoms with Gasteiger partial charge in [0.15, 0.2) is 0 Å².